The van der Waals surface area contributed by atoms with Gasteiger partial charge in [-0.25, -0.2) is 0 Å². The summed E-state index contributed by atoms with van der Waals surface area (Å²) in [6.07, 6.45) is 5.30. The average Bonchev–Trinajstić information content (AvgIpc) is 2.75. The number of hydrogen-bond acceptors (Lipinski definition) is 3. The Morgan fingerprint density at radius 1 is 1.45 bits per heavy atom. The van der Waals surface area contributed by atoms with Crippen LogP contribution in [0.25, 0.3) is 0 Å². The molecule has 1 atom stereocenters. The average molecular weight is 279 g/mol. The summed E-state index contributed by atoms with van der Waals surface area (Å²) in [6.45, 7) is 2.53. The Balaban J connectivity index is 2.12. The lowest BCUT2D eigenvalue weighted by Gasteiger charge is -2.35. The molecule has 0 aliphatic carbocycles. The van der Waals surface area contributed by atoms with E-state index in [0.717, 1.165) is 25.0 Å². The smallest absolute Gasteiger partial charge is 0.303 e. The van der Waals surface area contributed by atoms with Gasteiger partial charge in [-0.2, -0.15) is 5.10 Å². The van der Waals surface area contributed by atoms with E-state index in [1.807, 2.05) is 11.8 Å². The molecule has 0 spiro atoms. The van der Waals surface area contributed by atoms with Gasteiger partial charge in [0.2, 0.25) is 0 Å². The summed E-state index contributed by atoms with van der Waals surface area (Å²) in [6, 6.07) is 0.0342. The van der Waals surface area contributed by atoms with Gasteiger partial charge in [0, 0.05) is 32.3 Å². The van der Waals surface area contributed by atoms with Gasteiger partial charge in [-0.05, 0) is 32.6 Å². The number of carboxylic acids is 1. The van der Waals surface area contributed by atoms with Gasteiger partial charge in [0.25, 0.3) is 5.91 Å². The number of amides is 1. The molecule has 0 aromatic carbocycles. The van der Waals surface area contributed by atoms with Gasteiger partial charge in [0.05, 0.1) is 11.3 Å². The SMILES string of the molecule is Cc1nn(C)cc1C(=O)N1CCCC[C@@H]1CCC(=O)O. The molecule has 0 bridgehead atoms. The van der Waals surface area contributed by atoms with E-state index in [-0.39, 0.29) is 18.4 Å². The van der Waals surface area contributed by atoms with Crippen molar-refractivity contribution in [1.82, 2.24) is 14.7 Å². The highest BCUT2D eigenvalue weighted by Crippen LogP contribution is 2.23. The molecule has 0 saturated carbocycles. The number of aromatic nitrogens is 2. The quantitative estimate of drug-likeness (QED) is 0.908. The van der Waals surface area contributed by atoms with Crippen molar-refractivity contribution in [3.63, 3.8) is 0 Å². The lowest BCUT2D eigenvalue weighted by Crippen LogP contribution is -2.44. The van der Waals surface area contributed by atoms with Gasteiger partial charge in [-0.1, -0.05) is 0 Å². The Bertz CT molecular complexity index is 510. The van der Waals surface area contributed by atoms with Crippen molar-refractivity contribution in [3.05, 3.63) is 17.5 Å². The third kappa shape index (κ3) is 3.18. The summed E-state index contributed by atoms with van der Waals surface area (Å²) in [5, 5.41) is 13.0. The molecule has 1 amide bonds. The van der Waals surface area contributed by atoms with Crippen LogP contribution >= 0.6 is 0 Å². The highest BCUT2D eigenvalue weighted by molar-refractivity contribution is 5.95. The number of nitrogens with zero attached hydrogens (tertiary/aromatic N) is 3. The number of likely N-dealkylation sites (tertiary alicyclic amines) is 1. The lowest BCUT2D eigenvalue weighted by molar-refractivity contribution is -0.137. The maximum absolute atomic E-state index is 12.6. The van der Waals surface area contributed by atoms with Crippen LogP contribution in [-0.4, -0.2) is 44.3 Å². The molecule has 110 valence electrons. The van der Waals surface area contributed by atoms with Crippen molar-refractivity contribution >= 4 is 11.9 Å². The topological polar surface area (TPSA) is 75.4 Å². The van der Waals surface area contributed by atoms with Crippen molar-refractivity contribution in [3.8, 4) is 0 Å². The zero-order chi connectivity index (χ0) is 14.7. The standard InChI is InChI=1S/C14H21N3O3/c1-10-12(9-16(2)15-10)14(20)17-8-4-3-5-11(17)6-7-13(18)19/h9,11H,3-8H2,1-2H3,(H,18,19)/t11-/m1/s1. The molecule has 6 heteroatoms. The monoisotopic (exact) mass is 279 g/mol. The minimum Gasteiger partial charge on any atom is -0.481 e. The Hall–Kier alpha value is -1.85. The fraction of sp³-hybridized carbons (Fsp3) is 0.643. The van der Waals surface area contributed by atoms with Gasteiger partial charge in [-0.3, -0.25) is 14.3 Å². The van der Waals surface area contributed by atoms with Gasteiger partial charge in [0.15, 0.2) is 0 Å². The predicted molar refractivity (Wildman–Crippen MR) is 73.5 cm³/mol. The zero-order valence-corrected chi connectivity index (χ0v) is 12.0. The number of rotatable bonds is 4. The Morgan fingerprint density at radius 3 is 2.80 bits per heavy atom. The number of piperidine rings is 1. The summed E-state index contributed by atoms with van der Waals surface area (Å²) in [7, 11) is 1.79. The minimum atomic E-state index is -0.805. The summed E-state index contributed by atoms with van der Waals surface area (Å²) < 4.78 is 1.64. The predicted octanol–water partition coefficient (Wildman–Crippen LogP) is 1.59. The molecule has 1 fully saturated rings. The number of carboxylic acid groups (broad SMARTS) is 1. The third-order valence-corrected chi connectivity index (χ3v) is 3.82. The van der Waals surface area contributed by atoms with Crippen molar-refractivity contribution < 1.29 is 14.7 Å². The molecular formula is C14H21N3O3. The lowest BCUT2D eigenvalue weighted by atomic mass is 9.97. The highest BCUT2D eigenvalue weighted by Gasteiger charge is 2.29. The number of carbonyl (C=O) groups is 2. The van der Waals surface area contributed by atoms with E-state index in [4.69, 9.17) is 5.11 Å². The van der Waals surface area contributed by atoms with Crippen LogP contribution in [-0.2, 0) is 11.8 Å². The summed E-state index contributed by atoms with van der Waals surface area (Å²) in [4.78, 5) is 25.2. The maximum atomic E-state index is 12.6. The number of hydrogen-bond donors (Lipinski definition) is 1. The first-order valence-corrected chi connectivity index (χ1v) is 7.02. The Labute approximate surface area is 118 Å². The van der Waals surface area contributed by atoms with Crippen LogP contribution in [0.1, 0.15) is 48.2 Å². The van der Waals surface area contributed by atoms with Crippen LogP contribution in [0.5, 0.6) is 0 Å². The normalized spacial score (nSPS) is 19.1. The second-order valence-electron chi connectivity index (χ2n) is 5.38. The molecule has 0 radical (unpaired) electrons. The van der Waals surface area contributed by atoms with E-state index in [1.54, 1.807) is 17.9 Å². The van der Waals surface area contributed by atoms with Gasteiger partial charge < -0.3 is 10.0 Å². The van der Waals surface area contributed by atoms with Crippen molar-refractivity contribution in [2.75, 3.05) is 6.54 Å². The highest BCUT2D eigenvalue weighted by atomic mass is 16.4. The Morgan fingerprint density at radius 2 is 2.20 bits per heavy atom. The van der Waals surface area contributed by atoms with E-state index in [9.17, 15) is 9.59 Å². The molecule has 1 N–H and O–H groups in total. The first kappa shape index (κ1) is 14.6. The van der Waals surface area contributed by atoms with E-state index in [1.165, 1.54) is 0 Å². The van der Waals surface area contributed by atoms with Crippen molar-refractivity contribution in [2.45, 2.75) is 45.1 Å². The molecule has 1 aromatic rings. The summed E-state index contributed by atoms with van der Waals surface area (Å²) in [5.41, 5.74) is 1.34. The largest absolute Gasteiger partial charge is 0.481 e. The van der Waals surface area contributed by atoms with E-state index in [2.05, 4.69) is 5.10 Å². The molecule has 2 rings (SSSR count). The van der Waals surface area contributed by atoms with Crippen LogP contribution in [0.2, 0.25) is 0 Å². The third-order valence-electron chi connectivity index (χ3n) is 3.82. The van der Waals surface area contributed by atoms with Gasteiger partial charge in [0.1, 0.15) is 0 Å². The van der Waals surface area contributed by atoms with Crippen LogP contribution in [0.3, 0.4) is 0 Å². The van der Waals surface area contributed by atoms with E-state index in [0.29, 0.717) is 18.5 Å². The molecular weight excluding hydrogens is 258 g/mol. The van der Waals surface area contributed by atoms with E-state index < -0.39 is 5.97 Å². The molecule has 20 heavy (non-hydrogen) atoms. The van der Waals surface area contributed by atoms with E-state index >= 15 is 0 Å². The number of carbonyl (C=O) groups excluding carboxylic acids is 1. The Kier molecular flexibility index (Phi) is 4.42. The van der Waals surface area contributed by atoms with Gasteiger partial charge >= 0.3 is 5.97 Å². The molecule has 1 aliphatic heterocycles. The molecule has 1 saturated heterocycles. The second-order valence-corrected chi connectivity index (χ2v) is 5.38. The number of aliphatic carboxylic acids is 1. The zero-order valence-electron chi connectivity index (χ0n) is 12.0. The summed E-state index contributed by atoms with van der Waals surface area (Å²) >= 11 is 0. The summed E-state index contributed by atoms with van der Waals surface area (Å²) in [5.74, 6) is -0.828. The fourth-order valence-corrected chi connectivity index (χ4v) is 2.82. The first-order chi connectivity index (χ1) is 9.49. The molecule has 0 unspecified atom stereocenters. The first-order valence-electron chi connectivity index (χ1n) is 7.02. The fourth-order valence-electron chi connectivity index (χ4n) is 2.82. The molecule has 1 aliphatic rings. The van der Waals surface area contributed by atoms with Crippen LogP contribution in [0, 0.1) is 6.92 Å². The molecule has 2 heterocycles. The van der Waals surface area contributed by atoms with Gasteiger partial charge in [-0.15, -0.1) is 0 Å². The number of aryl methyl sites for hydroxylation is 2. The maximum Gasteiger partial charge on any atom is 0.303 e. The second kappa shape index (κ2) is 6.07. The molecule has 6 nitrogen and oxygen atoms in total. The van der Waals surface area contributed by atoms with Crippen LogP contribution < -0.4 is 0 Å². The van der Waals surface area contributed by atoms with Crippen LogP contribution in [0.15, 0.2) is 6.20 Å². The minimum absolute atomic E-state index is 0.0225. The molecule has 1 aromatic heterocycles. The van der Waals surface area contributed by atoms with Crippen molar-refractivity contribution in [2.24, 2.45) is 7.05 Å². The van der Waals surface area contributed by atoms with Crippen LogP contribution in [0.4, 0.5) is 0 Å². The van der Waals surface area contributed by atoms with Crippen molar-refractivity contribution in [1.29, 1.82) is 0 Å².